The Balaban J connectivity index is 1.07. The van der Waals surface area contributed by atoms with Gasteiger partial charge in [-0.15, -0.1) is 0 Å². The van der Waals surface area contributed by atoms with Crippen molar-refractivity contribution in [3.8, 4) is 0 Å². The maximum Gasteiger partial charge on any atom is 0.335 e. The highest BCUT2D eigenvalue weighted by Crippen LogP contribution is 2.76. The van der Waals surface area contributed by atoms with E-state index in [-0.39, 0.29) is 37.7 Å². The van der Waals surface area contributed by atoms with Gasteiger partial charge in [0.1, 0.15) is 85.5 Å². The van der Waals surface area contributed by atoms with E-state index in [1.807, 2.05) is 20.8 Å². The minimum Gasteiger partial charge on any atom is -0.479 e. The number of aliphatic hydroxyl groups is 13. The number of esters is 2. The number of carbonyl (C=O) groups is 3. The molecule has 0 amide bonds. The molecule has 27 nitrogen and oxygen atoms in total. The Morgan fingerprint density at radius 3 is 1.81 bits per heavy atom. The highest BCUT2D eigenvalue weighted by Gasteiger charge is 2.74. The van der Waals surface area contributed by atoms with Crippen LogP contribution >= 0.6 is 0 Å². The van der Waals surface area contributed by atoms with Gasteiger partial charge in [0, 0.05) is 23.2 Å². The molecule has 4 saturated heterocycles. The second-order valence-electron chi connectivity index (χ2n) is 28.5. The van der Waals surface area contributed by atoms with E-state index < -0.39 is 218 Å². The normalized spacial score (nSPS) is 49.6. The van der Waals surface area contributed by atoms with Crippen LogP contribution in [0.3, 0.4) is 0 Å². The first-order valence-electron chi connectivity index (χ1n) is 31.6. The Hall–Kier alpha value is -3.21. The van der Waals surface area contributed by atoms with Crippen molar-refractivity contribution in [1.82, 2.24) is 0 Å². The molecule has 8 fully saturated rings. The highest BCUT2D eigenvalue weighted by molar-refractivity contribution is 5.89. The molecule has 4 heterocycles. The molecule has 4 saturated carbocycles. The SMILES string of the molecule is C/C=C(/C)C(=O)O[C@H]1[C@H](OC(=O)/C(C)=C\C)[C@]2(CO)[C@H](O)C[C@]3(C)C(=CC[C@@H]4[C@@]5(C)CC[C@H](O[C@@H]6O[C@H](C(=O)O)[C@@H](O)[C@H](O[C@@H]7OC[C@H](O)[C@H](O)[C@H]7O[C@@H]7OCC(O)C(O)C7O)[C@H]6O[C@@H]6O[C@H](CO)[C@H](O)[C@H](O)[C@H]6O)[C@@](C)(CCO)[C@@H]5CC[C@]43C)[C@@H]2CC1(C)C. The standard InChI is InChI=1S/C63H98O27/c1-11-27(3)52(79)89-49-50(90-53(80)28(4)12-2)63(26-66)30(21-58(49,5)6)29-13-14-35-59(7)17-16-37(60(8,19-20-64)34(59)15-18-61(35,9)62(29,10)22-36(63)69)84-57-48(88-55-43(75)41(73)40(72)33(23-65)83-55)45(44(76)46(86-57)51(77)78)85-56-47(39(71)32(68)25-82-56)87-54-42(74)38(70)31(67)24-81-54/h11-13,30-50,54-57,64-76H,14-26H2,1-10H3,(H,77,78)/b27-11-,28-12-/t30-,31?,32-,33+,34+,35+,36+,37-,38?,39-,40-,41-,42?,43+,44-,45-,46-,47+,48+,49-,50-,54-,55-,56-,57+,59-,60-,61+,62+,63-/m0/s1. The van der Waals surface area contributed by atoms with Gasteiger partial charge in [-0.1, -0.05) is 65.3 Å². The molecule has 0 aromatic rings. The zero-order chi connectivity index (χ0) is 66.3. The molecule has 5 aliphatic carbocycles. The molecular formula is C63H98O27. The summed E-state index contributed by atoms with van der Waals surface area (Å²) in [5.41, 5.74) is -3.56. The van der Waals surface area contributed by atoms with Crippen LogP contribution in [0.15, 0.2) is 34.9 Å². The fraction of sp³-hybridized carbons (Fsp3) is 0.857. The van der Waals surface area contributed by atoms with Gasteiger partial charge in [-0.3, -0.25) is 0 Å². The summed E-state index contributed by atoms with van der Waals surface area (Å²) < 4.78 is 61.5. The van der Waals surface area contributed by atoms with Gasteiger partial charge in [-0.05, 0) is 118 Å². The summed E-state index contributed by atoms with van der Waals surface area (Å²) in [5.74, 6) is -3.94. The predicted molar refractivity (Wildman–Crippen MR) is 308 cm³/mol. The zero-order valence-corrected chi connectivity index (χ0v) is 52.9. The molecule has 9 aliphatic rings. The van der Waals surface area contributed by atoms with Crippen LogP contribution in [0.25, 0.3) is 0 Å². The van der Waals surface area contributed by atoms with Crippen molar-refractivity contribution in [3.05, 3.63) is 34.9 Å². The topological polar surface area (TPSA) is 427 Å². The van der Waals surface area contributed by atoms with Crippen molar-refractivity contribution >= 4 is 17.9 Å². The molecule has 9 rings (SSSR count). The van der Waals surface area contributed by atoms with Crippen LogP contribution in [0.1, 0.15) is 121 Å². The number of rotatable bonds is 17. The second kappa shape index (κ2) is 26.8. The second-order valence-corrected chi connectivity index (χ2v) is 28.5. The van der Waals surface area contributed by atoms with Crippen molar-refractivity contribution in [2.24, 2.45) is 50.2 Å². The third-order valence-corrected chi connectivity index (χ3v) is 23.4. The van der Waals surface area contributed by atoms with Crippen LogP contribution in [0.2, 0.25) is 0 Å². The Morgan fingerprint density at radius 1 is 0.622 bits per heavy atom. The molecule has 512 valence electrons. The van der Waals surface area contributed by atoms with Gasteiger partial charge in [0.05, 0.1) is 44.1 Å². The molecule has 0 radical (unpaired) electrons. The fourth-order valence-corrected chi connectivity index (χ4v) is 17.7. The number of aliphatic hydroxyl groups excluding tert-OH is 13. The van der Waals surface area contributed by atoms with E-state index >= 15 is 0 Å². The lowest BCUT2D eigenvalue weighted by molar-refractivity contribution is -0.399. The molecule has 30 atom stereocenters. The van der Waals surface area contributed by atoms with Crippen LogP contribution in [0.5, 0.6) is 0 Å². The average Bonchev–Trinajstić information content (AvgIpc) is 0.670. The Bertz CT molecular complexity index is 2670. The summed E-state index contributed by atoms with van der Waals surface area (Å²) in [6.07, 6.45) is -30.4. The molecule has 4 aliphatic heterocycles. The third kappa shape index (κ3) is 11.9. The monoisotopic (exact) mass is 1290 g/mol. The summed E-state index contributed by atoms with van der Waals surface area (Å²) >= 11 is 0. The first-order valence-corrected chi connectivity index (χ1v) is 31.6. The molecule has 14 N–H and O–H groups in total. The molecule has 27 heteroatoms. The number of hydrogen-bond acceptors (Lipinski definition) is 26. The molecule has 0 aromatic heterocycles. The molecule has 0 spiro atoms. The van der Waals surface area contributed by atoms with Crippen LogP contribution in [-0.2, 0) is 61.8 Å². The van der Waals surface area contributed by atoms with E-state index in [0.717, 1.165) is 5.57 Å². The van der Waals surface area contributed by atoms with Gasteiger partial charge in [0.2, 0.25) is 0 Å². The largest absolute Gasteiger partial charge is 0.479 e. The Morgan fingerprint density at radius 2 is 1.21 bits per heavy atom. The van der Waals surface area contributed by atoms with Crippen LogP contribution in [-0.4, -0.2) is 257 Å². The Labute approximate surface area is 523 Å². The van der Waals surface area contributed by atoms with Gasteiger partial charge in [-0.2, -0.15) is 0 Å². The summed E-state index contributed by atoms with van der Waals surface area (Å²) in [5, 5.41) is 156. The number of carboxylic acid groups (broad SMARTS) is 1. The first kappa shape index (κ1) is 71.1. The quantitative estimate of drug-likeness (QED) is 0.0364. The molecule has 0 bridgehead atoms. The number of aliphatic carboxylic acids is 1. The van der Waals surface area contributed by atoms with Crippen LogP contribution in [0, 0.1) is 50.2 Å². The summed E-state index contributed by atoms with van der Waals surface area (Å²) in [6.45, 7) is 16.1. The number of allylic oxidation sites excluding steroid dienone is 4. The van der Waals surface area contributed by atoms with Crippen LogP contribution < -0.4 is 0 Å². The lowest BCUT2D eigenvalue weighted by Crippen LogP contribution is -2.72. The average molecular weight is 1290 g/mol. The van der Waals surface area contributed by atoms with Crippen molar-refractivity contribution in [1.29, 1.82) is 0 Å². The van der Waals surface area contributed by atoms with E-state index in [1.54, 1.807) is 39.8 Å². The van der Waals surface area contributed by atoms with Gasteiger partial charge in [0.15, 0.2) is 37.4 Å². The van der Waals surface area contributed by atoms with E-state index in [0.29, 0.717) is 43.3 Å². The predicted octanol–water partition coefficient (Wildman–Crippen LogP) is -0.882. The molecule has 0 aromatic carbocycles. The number of hydrogen-bond donors (Lipinski definition) is 14. The Kier molecular flexibility index (Phi) is 21.1. The van der Waals surface area contributed by atoms with Gasteiger partial charge in [-0.25, -0.2) is 14.4 Å². The van der Waals surface area contributed by atoms with E-state index in [9.17, 15) is 85.9 Å². The first-order chi connectivity index (χ1) is 42.2. The number of carbonyl (C=O) groups excluding carboxylic acids is 2. The fourth-order valence-electron chi connectivity index (χ4n) is 17.7. The van der Waals surface area contributed by atoms with Gasteiger partial charge in [0.25, 0.3) is 0 Å². The van der Waals surface area contributed by atoms with Crippen molar-refractivity contribution < 1.29 is 133 Å². The van der Waals surface area contributed by atoms with E-state index in [2.05, 4.69) is 26.8 Å². The summed E-state index contributed by atoms with van der Waals surface area (Å²) in [4.78, 5) is 40.8. The lowest BCUT2D eigenvalue weighted by Gasteiger charge is -2.73. The van der Waals surface area contributed by atoms with Gasteiger partial charge >= 0.3 is 17.9 Å². The van der Waals surface area contributed by atoms with E-state index in [4.69, 9.17) is 47.4 Å². The van der Waals surface area contributed by atoms with Crippen molar-refractivity contribution in [2.75, 3.05) is 33.0 Å². The van der Waals surface area contributed by atoms with Crippen LogP contribution in [0.4, 0.5) is 0 Å². The number of ether oxygens (including phenoxy) is 10. The number of fused-ring (bicyclic) bond motifs is 7. The maximum atomic E-state index is 13.9. The maximum absolute atomic E-state index is 13.9. The summed E-state index contributed by atoms with van der Waals surface area (Å²) in [6, 6.07) is 0. The van der Waals surface area contributed by atoms with Crippen molar-refractivity contribution in [3.63, 3.8) is 0 Å². The summed E-state index contributed by atoms with van der Waals surface area (Å²) in [7, 11) is 0. The molecule has 3 unspecified atom stereocenters. The minimum atomic E-state index is -2.26. The molecule has 90 heavy (non-hydrogen) atoms. The third-order valence-electron chi connectivity index (χ3n) is 23.4. The molecular weight excluding hydrogens is 1190 g/mol. The lowest BCUT2D eigenvalue weighted by atomic mass is 9.32. The van der Waals surface area contributed by atoms with Crippen molar-refractivity contribution in [2.45, 2.75) is 256 Å². The number of carboxylic acids is 1. The minimum absolute atomic E-state index is 0.101. The van der Waals surface area contributed by atoms with E-state index in [1.165, 1.54) is 0 Å². The zero-order valence-electron chi connectivity index (χ0n) is 52.9. The highest BCUT2D eigenvalue weighted by atomic mass is 16.8. The smallest absolute Gasteiger partial charge is 0.335 e. The van der Waals surface area contributed by atoms with Gasteiger partial charge < -0.3 is 119 Å².